The highest BCUT2D eigenvalue weighted by Crippen LogP contribution is 2.65. The van der Waals surface area contributed by atoms with E-state index in [2.05, 4.69) is 30.9 Å². The molecule has 1 aromatic carbocycles. The van der Waals surface area contributed by atoms with E-state index in [1.807, 2.05) is 49.1 Å². The van der Waals surface area contributed by atoms with E-state index >= 15 is 0 Å². The Morgan fingerprint density at radius 2 is 1.88 bits per heavy atom. The fraction of sp³-hybridized carbons (Fsp3) is 0.694. The molecule has 2 bridgehead atoms. The maximum Gasteiger partial charge on any atom is 0.482 e. The summed E-state index contributed by atoms with van der Waals surface area (Å²) in [5, 5.41) is 3.03. The number of alkyl halides is 2. The SMILES string of the molecule is [C-]#[N+]C(=CC(C)(C)N1CCC(F)(F)CC1)C(=O)N1CCC[C@@H]1COC(=O)N[C@@H](Cc1ccccc1)B1O[C@@H]2C[C@@H]3C[C@@H](C3(C)C)[C@]2(C)O1. The molecule has 3 aliphatic carbocycles. The number of rotatable bonds is 9. The van der Waals surface area contributed by atoms with Gasteiger partial charge in [0, 0.05) is 38.0 Å². The lowest BCUT2D eigenvalue weighted by Gasteiger charge is -2.64. The molecule has 3 saturated heterocycles. The zero-order valence-electron chi connectivity index (χ0n) is 28.8. The number of hydrogen-bond donors (Lipinski definition) is 1. The third-order valence-electron chi connectivity index (χ3n) is 12.1. The number of ether oxygens (including phenoxy) is 1. The maximum absolute atomic E-state index is 13.8. The first-order valence-corrected chi connectivity index (χ1v) is 17.5. The van der Waals surface area contributed by atoms with Crippen molar-refractivity contribution in [3.05, 3.63) is 59.1 Å². The van der Waals surface area contributed by atoms with Gasteiger partial charge in [-0.05, 0) is 75.7 Å². The van der Waals surface area contributed by atoms with E-state index in [1.54, 1.807) is 11.0 Å². The largest absolute Gasteiger partial charge is 0.482 e. The molecule has 0 spiro atoms. The lowest BCUT2D eigenvalue weighted by molar-refractivity contribution is -0.199. The van der Waals surface area contributed by atoms with E-state index in [-0.39, 0.29) is 55.8 Å². The molecular formula is C36H49BF2N4O5. The van der Waals surface area contributed by atoms with Gasteiger partial charge in [0.05, 0.1) is 30.3 Å². The van der Waals surface area contributed by atoms with Crippen LogP contribution >= 0.6 is 0 Å². The molecule has 0 radical (unpaired) electrons. The van der Waals surface area contributed by atoms with Gasteiger partial charge in [-0.15, -0.1) is 0 Å². The Kier molecular flexibility index (Phi) is 9.46. The summed E-state index contributed by atoms with van der Waals surface area (Å²) >= 11 is 0. The first-order chi connectivity index (χ1) is 22.6. The monoisotopic (exact) mass is 666 g/mol. The van der Waals surface area contributed by atoms with Gasteiger partial charge >= 0.3 is 13.2 Å². The number of alkyl carbamates (subject to hydrolysis) is 1. The van der Waals surface area contributed by atoms with E-state index in [4.69, 9.17) is 20.6 Å². The van der Waals surface area contributed by atoms with Gasteiger partial charge in [0.1, 0.15) is 6.61 Å². The molecule has 1 aromatic rings. The first kappa shape index (κ1) is 34.8. The maximum atomic E-state index is 13.8. The number of amides is 2. The van der Waals surface area contributed by atoms with Crippen LogP contribution in [-0.2, 0) is 25.3 Å². The second kappa shape index (κ2) is 13.0. The number of likely N-dealkylation sites (tertiary alicyclic amines) is 2. The Labute approximate surface area is 283 Å². The van der Waals surface area contributed by atoms with Gasteiger partial charge in [-0.3, -0.25) is 9.69 Å². The Morgan fingerprint density at radius 3 is 2.54 bits per heavy atom. The predicted octanol–water partition coefficient (Wildman–Crippen LogP) is 5.90. The Balaban J connectivity index is 1.09. The molecule has 3 saturated carbocycles. The van der Waals surface area contributed by atoms with Crippen molar-refractivity contribution in [3.8, 4) is 0 Å². The van der Waals surface area contributed by atoms with Crippen LogP contribution in [0.15, 0.2) is 42.1 Å². The van der Waals surface area contributed by atoms with E-state index in [9.17, 15) is 18.4 Å². The van der Waals surface area contributed by atoms with E-state index in [0.717, 1.165) is 24.8 Å². The quantitative estimate of drug-likeness (QED) is 0.201. The van der Waals surface area contributed by atoms with Crippen LogP contribution in [0.1, 0.15) is 78.7 Å². The van der Waals surface area contributed by atoms with Crippen LogP contribution < -0.4 is 5.32 Å². The van der Waals surface area contributed by atoms with Crippen molar-refractivity contribution in [1.82, 2.24) is 15.1 Å². The van der Waals surface area contributed by atoms with Crippen LogP contribution in [0, 0.1) is 23.8 Å². The average molecular weight is 667 g/mol. The Morgan fingerprint density at radius 1 is 1.17 bits per heavy atom. The summed E-state index contributed by atoms with van der Waals surface area (Å²) in [4.78, 5) is 34.0. The van der Waals surface area contributed by atoms with E-state index in [1.165, 1.54) is 0 Å². The minimum Gasteiger partial charge on any atom is -0.447 e. The molecular weight excluding hydrogens is 617 g/mol. The molecule has 2 amide bonds. The van der Waals surface area contributed by atoms with Gasteiger partial charge in [-0.2, -0.15) is 0 Å². The smallest absolute Gasteiger partial charge is 0.447 e. The van der Waals surface area contributed by atoms with Crippen LogP contribution in [0.25, 0.3) is 4.85 Å². The third kappa shape index (κ3) is 6.75. The minimum atomic E-state index is -2.68. The van der Waals surface area contributed by atoms with Gasteiger partial charge in [-0.1, -0.05) is 50.3 Å². The molecule has 6 aliphatic rings. The van der Waals surface area contributed by atoms with Crippen LogP contribution in [0.3, 0.4) is 0 Å². The number of benzene rings is 1. The van der Waals surface area contributed by atoms with Crippen LogP contribution in [0.4, 0.5) is 13.6 Å². The van der Waals surface area contributed by atoms with Crippen molar-refractivity contribution in [2.45, 2.75) is 115 Å². The first-order valence-electron chi connectivity index (χ1n) is 17.5. The number of carbonyl (C=O) groups is 2. The third-order valence-corrected chi connectivity index (χ3v) is 12.1. The fourth-order valence-electron chi connectivity index (χ4n) is 8.92. The van der Waals surface area contributed by atoms with Crippen molar-refractivity contribution in [2.75, 3.05) is 26.2 Å². The average Bonchev–Trinajstić information content (AvgIpc) is 3.66. The summed E-state index contributed by atoms with van der Waals surface area (Å²) in [7, 11) is -0.631. The van der Waals surface area contributed by atoms with Gasteiger partial charge in [0.15, 0.2) is 0 Å². The second-order valence-corrected chi connectivity index (χ2v) is 15.8. The summed E-state index contributed by atoms with van der Waals surface area (Å²) in [5.41, 5.74) is 0.00456. The van der Waals surface area contributed by atoms with Crippen LogP contribution in [-0.4, -0.2) is 90.3 Å². The topological polar surface area (TPSA) is 84.7 Å². The normalized spacial score (nSPS) is 31.8. The lowest BCUT2D eigenvalue weighted by Crippen LogP contribution is -2.65. The summed E-state index contributed by atoms with van der Waals surface area (Å²) < 4.78 is 46.5. The predicted molar refractivity (Wildman–Crippen MR) is 178 cm³/mol. The zero-order valence-corrected chi connectivity index (χ0v) is 28.8. The van der Waals surface area contributed by atoms with Gasteiger partial charge in [0.25, 0.3) is 11.8 Å². The molecule has 12 heteroatoms. The number of nitrogens with zero attached hydrogens (tertiary/aromatic N) is 3. The fourth-order valence-corrected chi connectivity index (χ4v) is 8.92. The molecule has 0 unspecified atom stereocenters. The molecule has 1 N–H and O–H groups in total. The number of piperidine rings is 1. The highest BCUT2D eigenvalue weighted by atomic mass is 19.3. The molecule has 6 atom stereocenters. The molecule has 0 aromatic heterocycles. The number of halogens is 2. The Hall–Kier alpha value is -3.01. The van der Waals surface area contributed by atoms with Crippen LogP contribution in [0.5, 0.6) is 0 Å². The molecule has 3 aliphatic heterocycles. The van der Waals surface area contributed by atoms with Crippen molar-refractivity contribution in [1.29, 1.82) is 0 Å². The molecule has 260 valence electrons. The van der Waals surface area contributed by atoms with Gasteiger partial charge in [0.2, 0.25) is 5.70 Å². The zero-order chi connectivity index (χ0) is 34.5. The summed E-state index contributed by atoms with van der Waals surface area (Å²) in [5.74, 6) is -2.61. The molecule has 48 heavy (non-hydrogen) atoms. The number of carbonyl (C=O) groups excluding carboxylic acids is 2. The second-order valence-electron chi connectivity index (χ2n) is 15.8. The highest BCUT2D eigenvalue weighted by molar-refractivity contribution is 6.47. The number of nitrogens with one attached hydrogen (secondary N) is 1. The summed E-state index contributed by atoms with van der Waals surface area (Å²) in [6, 6.07) is 9.51. The van der Waals surface area contributed by atoms with Crippen molar-refractivity contribution < 1.29 is 32.4 Å². The highest BCUT2D eigenvalue weighted by Gasteiger charge is 2.68. The van der Waals surface area contributed by atoms with Gasteiger partial charge in [-0.25, -0.2) is 18.4 Å². The van der Waals surface area contributed by atoms with Crippen molar-refractivity contribution >= 4 is 19.1 Å². The molecule has 3 heterocycles. The summed E-state index contributed by atoms with van der Waals surface area (Å²) in [6.07, 6.45) is 4.38. The van der Waals surface area contributed by atoms with E-state index in [0.29, 0.717) is 31.2 Å². The van der Waals surface area contributed by atoms with Gasteiger partial charge < -0.3 is 24.3 Å². The Bertz CT molecular complexity index is 1440. The molecule has 7 rings (SSSR count). The van der Waals surface area contributed by atoms with Crippen molar-refractivity contribution in [3.63, 3.8) is 0 Å². The number of hydrogen-bond acceptors (Lipinski definition) is 6. The summed E-state index contributed by atoms with van der Waals surface area (Å²) in [6.45, 7) is 19.0. The van der Waals surface area contributed by atoms with Crippen molar-refractivity contribution in [2.24, 2.45) is 17.3 Å². The standard InChI is InChI=1S/C36H49BF2N4O5/c1-33(2,42-17-14-36(38,39)15-18-42)22-27(40-6)31(44)43-16-10-13-26(43)23-46-32(45)41-30(19-24-11-8-7-9-12-24)37-47-29-21-25-20-28(34(25,3)4)35(29,5)48-37/h7-9,11-12,22,25-26,28-30H,10,13-21,23H2,1-5H3,(H,41,45)/t25-,26+,28-,29+,30-,35-/m0/s1. The minimum absolute atomic E-state index is 0.0177. The van der Waals surface area contributed by atoms with Crippen LogP contribution in [0.2, 0.25) is 0 Å². The molecule has 9 nitrogen and oxygen atoms in total. The van der Waals surface area contributed by atoms with E-state index < -0.39 is 42.1 Å². The lowest BCUT2D eigenvalue weighted by atomic mass is 9.43. The molecule has 6 fully saturated rings.